The number of urea groups is 1. The number of amides is 3. The largest absolute Gasteiger partial charge is 0.368 e. The summed E-state index contributed by atoms with van der Waals surface area (Å²) in [4.78, 5) is 34.6. The summed E-state index contributed by atoms with van der Waals surface area (Å²) in [6.45, 7) is 9.61. The molecule has 2 fully saturated rings. The van der Waals surface area contributed by atoms with Gasteiger partial charge >= 0.3 is 6.03 Å². The molecule has 2 saturated heterocycles. The molecule has 2 aliphatic heterocycles. The fourth-order valence-corrected chi connectivity index (χ4v) is 5.70. The first kappa shape index (κ1) is 27.3. The van der Waals surface area contributed by atoms with Crippen LogP contribution in [0.4, 0.5) is 10.5 Å². The molecule has 3 atom stereocenters. The Morgan fingerprint density at radius 1 is 1.00 bits per heavy atom. The van der Waals surface area contributed by atoms with Crippen molar-refractivity contribution in [1.82, 2.24) is 14.7 Å². The van der Waals surface area contributed by atoms with E-state index >= 15 is 0 Å². The number of hydrogen-bond acceptors (Lipinski definition) is 4. The predicted molar refractivity (Wildman–Crippen MR) is 150 cm³/mol. The average molecular weight is 526 g/mol. The van der Waals surface area contributed by atoms with Gasteiger partial charge in [0.05, 0.1) is 0 Å². The molecule has 7 nitrogen and oxygen atoms in total. The zero-order valence-electron chi connectivity index (χ0n) is 22.7. The summed E-state index contributed by atoms with van der Waals surface area (Å²) in [5.74, 6) is 0.297. The van der Waals surface area contributed by atoms with E-state index in [-0.39, 0.29) is 23.9 Å². The highest BCUT2D eigenvalue weighted by molar-refractivity contribution is 6.30. The number of hydrogen-bond donors (Lipinski definition) is 1. The van der Waals surface area contributed by atoms with Gasteiger partial charge in [-0.15, -0.1) is 0 Å². The quantitative estimate of drug-likeness (QED) is 0.624. The number of anilines is 1. The number of halogens is 1. The number of carbonyl (C=O) groups is 2. The van der Waals surface area contributed by atoms with Gasteiger partial charge in [-0.25, -0.2) is 4.79 Å². The summed E-state index contributed by atoms with van der Waals surface area (Å²) in [5, 5.41) is 0.662. The van der Waals surface area contributed by atoms with E-state index in [0.717, 1.165) is 36.3 Å². The monoisotopic (exact) mass is 525 g/mol. The molecule has 200 valence electrons. The van der Waals surface area contributed by atoms with Crippen LogP contribution in [0.2, 0.25) is 5.02 Å². The minimum atomic E-state index is -0.521. The van der Waals surface area contributed by atoms with Gasteiger partial charge in [0.1, 0.15) is 6.04 Å². The maximum atomic E-state index is 14.0. The number of nitrogens with two attached hydrogens (primary N) is 1. The second-order valence-electron chi connectivity index (χ2n) is 10.9. The maximum Gasteiger partial charge on any atom is 0.320 e. The first-order valence-electron chi connectivity index (χ1n) is 13.2. The number of carbonyl (C=O) groups excluding carboxylic acids is 2. The molecule has 4 rings (SSSR count). The Morgan fingerprint density at radius 2 is 1.65 bits per heavy atom. The molecule has 0 saturated carbocycles. The Kier molecular flexibility index (Phi) is 8.34. The van der Waals surface area contributed by atoms with E-state index in [1.165, 1.54) is 5.56 Å². The van der Waals surface area contributed by atoms with Crippen LogP contribution in [0.5, 0.6) is 0 Å². The van der Waals surface area contributed by atoms with Gasteiger partial charge in [0, 0.05) is 69.5 Å². The van der Waals surface area contributed by atoms with Crippen LogP contribution in [0.3, 0.4) is 0 Å². The summed E-state index contributed by atoms with van der Waals surface area (Å²) < 4.78 is 0. The standard InChI is InChI=1S/C29H40ClN5O2/c1-19(2)26(31)24-18-20(3)6-11-25(24)33-14-16-34(17-15-33)28(36)27-23(21-7-9-22(30)10-8-21)12-13-35(27)29(37)32(4)5/h6-11,18-19,23,26-27H,12-17,31H2,1-5H3/t23-,26-,27-/m0/s1. The molecular formula is C29H40ClN5O2. The van der Waals surface area contributed by atoms with Crippen molar-refractivity contribution in [2.75, 3.05) is 51.7 Å². The highest BCUT2D eigenvalue weighted by atomic mass is 35.5. The van der Waals surface area contributed by atoms with Crippen LogP contribution in [0.15, 0.2) is 42.5 Å². The molecular weight excluding hydrogens is 486 g/mol. The van der Waals surface area contributed by atoms with Crippen LogP contribution in [0.25, 0.3) is 0 Å². The third kappa shape index (κ3) is 5.73. The number of aryl methyl sites for hydroxylation is 1. The summed E-state index contributed by atoms with van der Waals surface area (Å²) >= 11 is 6.12. The SMILES string of the molecule is Cc1ccc(N2CCN(C(=O)[C@@H]3[C@H](c4ccc(Cl)cc4)CCN3C(=O)N(C)C)CC2)c([C@@H](N)C(C)C)c1. The topological polar surface area (TPSA) is 73.1 Å². The lowest BCUT2D eigenvalue weighted by atomic mass is 9.90. The molecule has 2 N–H and O–H groups in total. The maximum absolute atomic E-state index is 14.0. The van der Waals surface area contributed by atoms with Crippen molar-refractivity contribution < 1.29 is 9.59 Å². The molecule has 0 spiro atoms. The molecule has 0 aliphatic carbocycles. The molecule has 0 unspecified atom stereocenters. The lowest BCUT2D eigenvalue weighted by Gasteiger charge is -2.40. The molecule has 2 aromatic carbocycles. The van der Waals surface area contributed by atoms with Gasteiger partial charge < -0.3 is 25.3 Å². The Bertz CT molecular complexity index is 1110. The van der Waals surface area contributed by atoms with E-state index in [1.807, 2.05) is 29.2 Å². The smallest absolute Gasteiger partial charge is 0.320 e. The predicted octanol–water partition coefficient (Wildman–Crippen LogP) is 4.49. The molecule has 2 heterocycles. The van der Waals surface area contributed by atoms with E-state index in [0.29, 0.717) is 30.6 Å². The number of rotatable bonds is 5. The number of piperazine rings is 1. The summed E-state index contributed by atoms with van der Waals surface area (Å²) in [7, 11) is 3.47. The zero-order valence-corrected chi connectivity index (χ0v) is 23.4. The molecule has 3 amide bonds. The van der Waals surface area contributed by atoms with Gasteiger partial charge in [-0.05, 0) is 48.6 Å². The van der Waals surface area contributed by atoms with Crippen molar-refractivity contribution in [3.63, 3.8) is 0 Å². The Labute approximate surface area is 226 Å². The van der Waals surface area contributed by atoms with Crippen molar-refractivity contribution in [1.29, 1.82) is 0 Å². The van der Waals surface area contributed by atoms with Crippen LogP contribution < -0.4 is 10.6 Å². The number of likely N-dealkylation sites (tertiary alicyclic amines) is 1. The van der Waals surface area contributed by atoms with Crippen LogP contribution in [0, 0.1) is 12.8 Å². The average Bonchev–Trinajstić information content (AvgIpc) is 3.32. The minimum absolute atomic E-state index is 0.0234. The van der Waals surface area contributed by atoms with Crippen LogP contribution >= 0.6 is 11.6 Å². The van der Waals surface area contributed by atoms with Crippen LogP contribution in [-0.4, -0.2) is 79.5 Å². The van der Waals surface area contributed by atoms with Gasteiger partial charge in [0.2, 0.25) is 5.91 Å². The lowest BCUT2D eigenvalue weighted by Crippen LogP contribution is -2.56. The Balaban J connectivity index is 1.54. The molecule has 0 radical (unpaired) electrons. The summed E-state index contributed by atoms with van der Waals surface area (Å²) in [5.41, 5.74) is 11.1. The van der Waals surface area contributed by atoms with Crippen molar-refractivity contribution in [3.8, 4) is 0 Å². The number of nitrogens with zero attached hydrogens (tertiary/aromatic N) is 4. The molecule has 2 aliphatic rings. The highest BCUT2D eigenvalue weighted by Gasteiger charge is 2.45. The third-order valence-corrected chi connectivity index (χ3v) is 8.02. The fraction of sp³-hybridized carbons (Fsp3) is 0.517. The summed E-state index contributed by atoms with van der Waals surface area (Å²) in [6, 6.07) is 13.5. The molecule has 2 aromatic rings. The third-order valence-electron chi connectivity index (χ3n) is 7.77. The van der Waals surface area contributed by atoms with Crippen molar-refractivity contribution in [3.05, 3.63) is 64.2 Å². The van der Waals surface area contributed by atoms with Gasteiger partial charge in [-0.3, -0.25) is 4.79 Å². The van der Waals surface area contributed by atoms with E-state index in [1.54, 1.807) is 23.9 Å². The molecule has 0 bridgehead atoms. The molecule has 0 aromatic heterocycles. The Morgan fingerprint density at radius 3 is 2.24 bits per heavy atom. The summed E-state index contributed by atoms with van der Waals surface area (Å²) in [6.07, 6.45) is 0.747. The van der Waals surface area contributed by atoms with Gasteiger partial charge in [-0.2, -0.15) is 0 Å². The number of benzene rings is 2. The first-order valence-corrected chi connectivity index (χ1v) is 13.6. The Hall–Kier alpha value is -2.77. The van der Waals surface area contributed by atoms with E-state index < -0.39 is 6.04 Å². The van der Waals surface area contributed by atoms with Crippen LogP contribution in [0.1, 0.15) is 48.9 Å². The van der Waals surface area contributed by atoms with Crippen molar-refractivity contribution in [2.24, 2.45) is 11.7 Å². The minimum Gasteiger partial charge on any atom is -0.368 e. The second kappa shape index (κ2) is 11.3. The zero-order chi connectivity index (χ0) is 26.9. The molecule has 8 heteroatoms. The fourth-order valence-electron chi connectivity index (χ4n) is 5.57. The lowest BCUT2D eigenvalue weighted by molar-refractivity contribution is -0.136. The van der Waals surface area contributed by atoms with E-state index in [2.05, 4.69) is 43.9 Å². The first-order chi connectivity index (χ1) is 17.6. The van der Waals surface area contributed by atoms with Crippen molar-refractivity contribution in [2.45, 2.75) is 45.2 Å². The van der Waals surface area contributed by atoms with Crippen LogP contribution in [-0.2, 0) is 4.79 Å². The second-order valence-corrected chi connectivity index (χ2v) is 11.3. The highest BCUT2D eigenvalue weighted by Crippen LogP contribution is 2.36. The molecule has 37 heavy (non-hydrogen) atoms. The van der Waals surface area contributed by atoms with E-state index in [4.69, 9.17) is 17.3 Å². The van der Waals surface area contributed by atoms with Gasteiger partial charge in [0.15, 0.2) is 0 Å². The van der Waals surface area contributed by atoms with Gasteiger partial charge in [-0.1, -0.05) is 55.3 Å². The normalized spacial score (nSPS) is 20.9. The van der Waals surface area contributed by atoms with Gasteiger partial charge in [0.25, 0.3) is 0 Å². The van der Waals surface area contributed by atoms with Crippen molar-refractivity contribution >= 4 is 29.2 Å². The van der Waals surface area contributed by atoms with E-state index in [9.17, 15) is 9.59 Å².